The topological polar surface area (TPSA) is 0 Å². The molecule has 0 amide bonds. The lowest BCUT2D eigenvalue weighted by atomic mass is 9.90. The second-order valence-corrected chi connectivity index (χ2v) is 7.11. The van der Waals surface area contributed by atoms with Gasteiger partial charge in [0.05, 0.1) is 0 Å². The largest absolute Gasteiger partial charge is 0.0651 e. The Labute approximate surface area is 154 Å². The maximum Gasteiger partial charge on any atom is 0.0170 e. The Kier molecular flexibility index (Phi) is 3.64. The molecule has 0 bridgehead atoms. The molecule has 125 valence electrons. The van der Waals surface area contributed by atoms with E-state index in [-0.39, 0.29) is 0 Å². The number of rotatable bonds is 3. The van der Waals surface area contributed by atoms with Crippen LogP contribution in [0.15, 0.2) is 84.4 Å². The second-order valence-electron chi connectivity index (χ2n) is 7.11. The minimum atomic E-state index is 1.12. The van der Waals surface area contributed by atoms with Crippen LogP contribution in [0, 0.1) is 6.42 Å². The van der Waals surface area contributed by atoms with E-state index in [0.717, 1.165) is 12.8 Å². The van der Waals surface area contributed by atoms with E-state index in [0.29, 0.717) is 0 Å². The van der Waals surface area contributed by atoms with Gasteiger partial charge < -0.3 is 0 Å². The fourth-order valence-electron chi connectivity index (χ4n) is 4.25. The molecule has 0 saturated carbocycles. The number of hydrogen-bond donors (Lipinski definition) is 0. The summed E-state index contributed by atoms with van der Waals surface area (Å²) in [6.45, 7) is 2.26. The molecular weight excluding hydrogens is 312 g/mol. The minimum absolute atomic E-state index is 1.12. The molecule has 1 aliphatic rings. The van der Waals surface area contributed by atoms with Crippen LogP contribution < -0.4 is 0 Å². The predicted octanol–water partition coefficient (Wildman–Crippen LogP) is 7.16. The Balaban J connectivity index is 1.82. The maximum absolute atomic E-state index is 2.38. The number of allylic oxidation sites excluding steroid dienone is 1. The van der Waals surface area contributed by atoms with Crippen molar-refractivity contribution >= 4 is 27.1 Å². The van der Waals surface area contributed by atoms with Crippen molar-refractivity contribution in [1.29, 1.82) is 0 Å². The smallest absolute Gasteiger partial charge is 0.0170 e. The molecule has 1 radical (unpaired) electrons. The lowest BCUT2D eigenvalue weighted by Gasteiger charge is -2.13. The molecule has 0 fully saturated rings. The van der Waals surface area contributed by atoms with E-state index in [1.165, 1.54) is 49.4 Å². The van der Waals surface area contributed by atoms with Gasteiger partial charge in [-0.1, -0.05) is 85.6 Å². The van der Waals surface area contributed by atoms with Crippen LogP contribution in [0.5, 0.6) is 0 Å². The average Bonchev–Trinajstić information content (AvgIpc) is 3.04. The number of benzene rings is 4. The summed E-state index contributed by atoms with van der Waals surface area (Å²) in [5, 5.41) is 5.27. The molecule has 0 spiro atoms. The van der Waals surface area contributed by atoms with E-state index in [4.69, 9.17) is 0 Å². The third kappa shape index (κ3) is 2.37. The summed E-state index contributed by atoms with van der Waals surface area (Å²) in [6.07, 6.45) is 4.67. The lowest BCUT2D eigenvalue weighted by molar-refractivity contribution is 0.921. The highest BCUT2D eigenvalue weighted by Crippen LogP contribution is 2.43. The van der Waals surface area contributed by atoms with Gasteiger partial charge in [-0.25, -0.2) is 0 Å². The Morgan fingerprint density at radius 2 is 1.35 bits per heavy atom. The lowest BCUT2D eigenvalue weighted by Crippen LogP contribution is -1.91. The molecule has 0 atom stereocenters. The van der Waals surface area contributed by atoms with Crippen LogP contribution in [-0.4, -0.2) is 0 Å². The van der Waals surface area contributed by atoms with Crippen LogP contribution in [0.1, 0.15) is 36.5 Å². The molecule has 0 heterocycles. The monoisotopic (exact) mass is 333 g/mol. The molecular formula is C26H21. The first-order valence-electron chi connectivity index (χ1n) is 9.44. The molecule has 4 aromatic carbocycles. The van der Waals surface area contributed by atoms with Crippen molar-refractivity contribution in [3.05, 3.63) is 108 Å². The van der Waals surface area contributed by atoms with Crippen LogP contribution in [0.4, 0.5) is 0 Å². The first-order chi connectivity index (χ1) is 12.8. The zero-order valence-corrected chi connectivity index (χ0v) is 15.0. The van der Waals surface area contributed by atoms with Gasteiger partial charge in [0.15, 0.2) is 0 Å². The quantitative estimate of drug-likeness (QED) is 0.349. The minimum Gasteiger partial charge on any atom is -0.0651 e. The molecule has 0 nitrogen and oxygen atoms in total. The standard InChI is InChI=1S/C26H21/c1-2-8-22-16-20-11-5-6-13-23(20)26(22)24-14-7-12-21-15-18-9-3-4-10-19(18)17-25(21)24/h3-7,9-17H,2,8H2,1H3. The molecule has 0 aliphatic heterocycles. The van der Waals surface area contributed by atoms with Crippen LogP contribution in [-0.2, 0) is 0 Å². The Morgan fingerprint density at radius 1 is 0.654 bits per heavy atom. The van der Waals surface area contributed by atoms with Crippen molar-refractivity contribution in [2.45, 2.75) is 19.8 Å². The normalized spacial score (nSPS) is 13.6. The van der Waals surface area contributed by atoms with E-state index in [2.05, 4.69) is 92.2 Å². The van der Waals surface area contributed by atoms with Crippen molar-refractivity contribution in [3.63, 3.8) is 0 Å². The van der Waals surface area contributed by atoms with Crippen LogP contribution in [0.3, 0.4) is 0 Å². The highest BCUT2D eigenvalue weighted by molar-refractivity contribution is 6.06. The van der Waals surface area contributed by atoms with Gasteiger partial charge in [-0.2, -0.15) is 0 Å². The molecule has 1 aliphatic carbocycles. The number of fused-ring (bicyclic) bond motifs is 3. The summed E-state index contributed by atoms with van der Waals surface area (Å²) < 4.78 is 0. The summed E-state index contributed by atoms with van der Waals surface area (Å²) in [7, 11) is 0. The number of hydrogen-bond acceptors (Lipinski definition) is 0. The van der Waals surface area contributed by atoms with E-state index in [1.54, 1.807) is 0 Å². The van der Waals surface area contributed by atoms with Crippen LogP contribution in [0.25, 0.3) is 27.1 Å². The van der Waals surface area contributed by atoms with Gasteiger partial charge in [-0.15, -0.1) is 0 Å². The van der Waals surface area contributed by atoms with Crippen LogP contribution >= 0.6 is 0 Å². The predicted molar refractivity (Wildman–Crippen MR) is 112 cm³/mol. The van der Waals surface area contributed by atoms with E-state index in [1.807, 2.05) is 0 Å². The van der Waals surface area contributed by atoms with Crippen molar-refractivity contribution in [3.8, 4) is 0 Å². The summed E-state index contributed by atoms with van der Waals surface area (Å²) >= 11 is 0. The van der Waals surface area contributed by atoms with Gasteiger partial charge >= 0.3 is 0 Å². The molecule has 0 heteroatoms. The highest BCUT2D eigenvalue weighted by atomic mass is 14.3. The van der Waals surface area contributed by atoms with E-state index >= 15 is 0 Å². The SMILES string of the molecule is CCCC1=C(c2cccc3cc4ccccc4cc23)c2ccccc2[CH]1. The van der Waals surface area contributed by atoms with Gasteiger partial charge in [0.2, 0.25) is 0 Å². The third-order valence-electron chi connectivity index (χ3n) is 5.42. The van der Waals surface area contributed by atoms with Crippen molar-refractivity contribution in [1.82, 2.24) is 0 Å². The molecule has 0 aromatic heterocycles. The molecule has 0 saturated heterocycles. The zero-order valence-electron chi connectivity index (χ0n) is 15.0. The molecule has 0 unspecified atom stereocenters. The summed E-state index contributed by atoms with van der Waals surface area (Å²) in [5.74, 6) is 0. The van der Waals surface area contributed by atoms with Crippen molar-refractivity contribution in [2.24, 2.45) is 0 Å². The van der Waals surface area contributed by atoms with Crippen molar-refractivity contribution < 1.29 is 0 Å². The summed E-state index contributed by atoms with van der Waals surface area (Å²) in [4.78, 5) is 0. The van der Waals surface area contributed by atoms with Gasteiger partial charge in [0, 0.05) is 6.42 Å². The summed E-state index contributed by atoms with van der Waals surface area (Å²) in [5.41, 5.74) is 6.97. The highest BCUT2D eigenvalue weighted by Gasteiger charge is 2.23. The molecule has 0 N–H and O–H groups in total. The van der Waals surface area contributed by atoms with Crippen LogP contribution in [0.2, 0.25) is 0 Å². The van der Waals surface area contributed by atoms with Gasteiger partial charge in [0.25, 0.3) is 0 Å². The molecule has 26 heavy (non-hydrogen) atoms. The first-order valence-corrected chi connectivity index (χ1v) is 9.44. The summed E-state index contributed by atoms with van der Waals surface area (Å²) in [6, 6.07) is 28.8. The molecule has 4 aromatic rings. The Morgan fingerprint density at radius 3 is 2.19 bits per heavy atom. The first kappa shape index (κ1) is 15.4. The average molecular weight is 333 g/mol. The van der Waals surface area contributed by atoms with E-state index in [9.17, 15) is 0 Å². The van der Waals surface area contributed by atoms with Gasteiger partial charge in [-0.3, -0.25) is 0 Å². The Bertz CT molecular complexity index is 1160. The molecule has 5 rings (SSSR count). The Hall–Kier alpha value is -2.86. The second kappa shape index (κ2) is 6.14. The van der Waals surface area contributed by atoms with Gasteiger partial charge in [-0.05, 0) is 62.4 Å². The van der Waals surface area contributed by atoms with Gasteiger partial charge in [0.1, 0.15) is 0 Å². The van der Waals surface area contributed by atoms with Crippen molar-refractivity contribution in [2.75, 3.05) is 0 Å². The fourth-order valence-corrected chi connectivity index (χ4v) is 4.25. The maximum atomic E-state index is 2.38. The third-order valence-corrected chi connectivity index (χ3v) is 5.42. The van der Waals surface area contributed by atoms with E-state index < -0.39 is 0 Å². The fraction of sp³-hybridized carbons (Fsp3) is 0.115. The zero-order chi connectivity index (χ0) is 17.5.